The summed E-state index contributed by atoms with van der Waals surface area (Å²) in [4.78, 5) is 13.0. The lowest BCUT2D eigenvalue weighted by atomic mass is 9.79. The molecule has 0 saturated carbocycles. The summed E-state index contributed by atoms with van der Waals surface area (Å²) in [5.74, 6) is -0.604. The lowest BCUT2D eigenvalue weighted by Crippen LogP contribution is -2.38. The maximum absolute atomic E-state index is 14.2. The Morgan fingerprint density at radius 1 is 1.06 bits per heavy atom. The number of halogens is 2. The van der Waals surface area contributed by atoms with Gasteiger partial charge in [-0.2, -0.15) is 0 Å². The van der Waals surface area contributed by atoms with E-state index >= 15 is 0 Å². The zero-order chi connectivity index (χ0) is 24.6. The average Bonchev–Trinajstić information content (AvgIpc) is 2.84. The zero-order valence-corrected chi connectivity index (χ0v) is 20.4. The Kier molecular flexibility index (Phi) is 9.22. The van der Waals surface area contributed by atoms with Crippen LogP contribution in [0.4, 0.5) is 4.39 Å². The third-order valence-electron chi connectivity index (χ3n) is 5.97. The van der Waals surface area contributed by atoms with Crippen molar-refractivity contribution in [1.82, 2.24) is 0 Å². The van der Waals surface area contributed by atoms with Crippen LogP contribution >= 0.6 is 11.6 Å². The van der Waals surface area contributed by atoms with E-state index in [9.17, 15) is 9.18 Å². The van der Waals surface area contributed by atoms with E-state index in [0.717, 1.165) is 16.7 Å². The first-order chi connectivity index (χ1) is 16.3. The summed E-state index contributed by atoms with van der Waals surface area (Å²) in [6, 6.07) is 21.4. The van der Waals surface area contributed by atoms with E-state index in [-0.39, 0.29) is 24.4 Å². The first-order valence-electron chi connectivity index (χ1n) is 11.3. The van der Waals surface area contributed by atoms with Gasteiger partial charge in [0.05, 0.1) is 5.41 Å². The molecule has 0 aromatic heterocycles. The molecule has 0 radical (unpaired) electrons. The van der Waals surface area contributed by atoms with E-state index in [4.69, 9.17) is 26.8 Å². The largest absolute Gasteiger partial charge is 0.460 e. The Bertz CT molecular complexity index is 1070. The molecule has 0 saturated heterocycles. The topological polar surface area (TPSA) is 61.5 Å². The smallest absolute Gasteiger partial charge is 0.312 e. The van der Waals surface area contributed by atoms with Crippen LogP contribution in [0.1, 0.15) is 30.9 Å². The van der Waals surface area contributed by atoms with Crippen molar-refractivity contribution < 1.29 is 18.7 Å². The number of hydrogen-bond acceptors (Lipinski definition) is 4. The number of carbonyl (C=O) groups excluding carboxylic acids is 1. The van der Waals surface area contributed by atoms with Gasteiger partial charge in [-0.05, 0) is 61.1 Å². The van der Waals surface area contributed by atoms with Crippen LogP contribution in [0.15, 0.2) is 72.8 Å². The molecule has 2 N–H and O–H groups in total. The molecule has 3 aromatic carbocycles. The van der Waals surface area contributed by atoms with Gasteiger partial charge in [0.25, 0.3) is 0 Å². The number of ether oxygens (including phenoxy) is 2. The molecule has 34 heavy (non-hydrogen) atoms. The highest BCUT2D eigenvalue weighted by molar-refractivity contribution is 6.30. The summed E-state index contributed by atoms with van der Waals surface area (Å²) in [5.41, 5.74) is 8.84. The highest BCUT2D eigenvalue weighted by atomic mass is 35.5. The molecule has 0 heterocycles. The van der Waals surface area contributed by atoms with Crippen LogP contribution in [0.2, 0.25) is 5.02 Å². The summed E-state index contributed by atoms with van der Waals surface area (Å²) in [6.07, 6.45) is 1.54. The fraction of sp³-hybridized carbons (Fsp3) is 0.321. The summed E-state index contributed by atoms with van der Waals surface area (Å²) in [6.45, 7) is 2.53. The number of nitrogens with two attached hydrogens (primary N) is 1. The normalized spacial score (nSPS) is 13.8. The van der Waals surface area contributed by atoms with E-state index in [0.29, 0.717) is 36.5 Å². The van der Waals surface area contributed by atoms with E-state index in [1.165, 1.54) is 12.1 Å². The van der Waals surface area contributed by atoms with E-state index in [1.807, 2.05) is 61.5 Å². The Balaban J connectivity index is 1.64. The first-order valence-corrected chi connectivity index (χ1v) is 11.7. The summed E-state index contributed by atoms with van der Waals surface area (Å²) < 4.78 is 25.0. The van der Waals surface area contributed by atoms with Gasteiger partial charge >= 0.3 is 5.97 Å². The molecule has 180 valence electrons. The Hall–Kier alpha value is -2.73. The second-order valence-corrected chi connectivity index (χ2v) is 9.29. The zero-order valence-electron chi connectivity index (χ0n) is 19.6. The van der Waals surface area contributed by atoms with Crippen LogP contribution in [-0.4, -0.2) is 25.7 Å². The van der Waals surface area contributed by atoms with Crippen molar-refractivity contribution in [3.05, 3.63) is 94.8 Å². The van der Waals surface area contributed by atoms with Crippen molar-refractivity contribution in [2.24, 2.45) is 11.1 Å². The highest BCUT2D eigenvalue weighted by Crippen LogP contribution is 2.31. The third-order valence-corrected chi connectivity index (χ3v) is 6.20. The van der Waals surface area contributed by atoms with Gasteiger partial charge in [-0.1, -0.05) is 66.2 Å². The molecule has 3 rings (SSSR count). The molecule has 0 bridgehead atoms. The molecule has 0 fully saturated rings. The van der Waals surface area contributed by atoms with Gasteiger partial charge in [-0.3, -0.25) is 4.79 Å². The third kappa shape index (κ3) is 7.13. The average molecular weight is 484 g/mol. The van der Waals surface area contributed by atoms with Gasteiger partial charge in [0, 0.05) is 30.3 Å². The van der Waals surface area contributed by atoms with Crippen molar-refractivity contribution in [3.63, 3.8) is 0 Å². The minimum atomic E-state index is -0.770. The fourth-order valence-corrected chi connectivity index (χ4v) is 4.18. The molecule has 0 aliphatic rings. The van der Waals surface area contributed by atoms with Crippen LogP contribution in [0.5, 0.6) is 0 Å². The molecule has 4 nitrogen and oxygen atoms in total. The SMILES string of the molecule is COCC[C@](C)(C[C@H](N)Cc1ccc(-c2cc(Cl)ccc2F)cc1)C(=O)OCc1ccccc1. The molecule has 2 atom stereocenters. The predicted octanol–water partition coefficient (Wildman–Crippen LogP) is 6.19. The van der Waals surface area contributed by atoms with E-state index in [2.05, 4.69) is 0 Å². The second-order valence-electron chi connectivity index (χ2n) is 8.85. The molecule has 3 aromatic rings. The minimum absolute atomic E-state index is 0.221. The van der Waals surface area contributed by atoms with Gasteiger partial charge in [0.2, 0.25) is 0 Å². The highest BCUT2D eigenvalue weighted by Gasteiger charge is 2.36. The molecule has 0 unspecified atom stereocenters. The summed E-state index contributed by atoms with van der Waals surface area (Å²) >= 11 is 6.02. The Labute approximate surface area is 205 Å². The maximum Gasteiger partial charge on any atom is 0.312 e. The molecule has 0 amide bonds. The fourth-order valence-electron chi connectivity index (χ4n) is 4.00. The Morgan fingerprint density at radius 3 is 2.44 bits per heavy atom. The van der Waals surface area contributed by atoms with Gasteiger partial charge in [-0.25, -0.2) is 4.39 Å². The van der Waals surface area contributed by atoms with Crippen LogP contribution in [0, 0.1) is 11.2 Å². The second kappa shape index (κ2) is 12.1. The standard InChI is InChI=1S/C28H31ClFNO3/c1-28(14-15-33-2,27(32)34-19-21-6-4-3-5-7-21)18-24(31)16-20-8-10-22(11-9-20)25-17-23(29)12-13-26(25)30/h3-13,17,24H,14-16,18-19,31H2,1-2H3/t24-,28-/m1/s1. The van der Waals surface area contributed by atoms with Crippen LogP contribution in [-0.2, 0) is 27.3 Å². The van der Waals surface area contributed by atoms with Crippen molar-refractivity contribution in [1.29, 1.82) is 0 Å². The van der Waals surface area contributed by atoms with Crippen molar-refractivity contribution in [2.75, 3.05) is 13.7 Å². The number of esters is 1. The van der Waals surface area contributed by atoms with Crippen LogP contribution in [0.3, 0.4) is 0 Å². The Morgan fingerprint density at radius 2 is 1.76 bits per heavy atom. The lowest BCUT2D eigenvalue weighted by Gasteiger charge is -2.30. The number of methoxy groups -OCH3 is 1. The van der Waals surface area contributed by atoms with Gasteiger partial charge < -0.3 is 15.2 Å². The van der Waals surface area contributed by atoms with Crippen molar-refractivity contribution >= 4 is 17.6 Å². The number of hydrogen-bond donors (Lipinski definition) is 1. The number of benzene rings is 3. The molecular formula is C28H31ClFNO3. The minimum Gasteiger partial charge on any atom is -0.460 e. The van der Waals surface area contributed by atoms with Crippen molar-refractivity contribution in [2.45, 2.75) is 38.8 Å². The van der Waals surface area contributed by atoms with Gasteiger partial charge in [-0.15, -0.1) is 0 Å². The molecule has 0 aliphatic carbocycles. The summed E-state index contributed by atoms with van der Waals surface area (Å²) in [7, 11) is 1.61. The molecule has 6 heteroatoms. The monoisotopic (exact) mass is 483 g/mol. The van der Waals surface area contributed by atoms with Crippen LogP contribution in [0.25, 0.3) is 11.1 Å². The quantitative estimate of drug-likeness (QED) is 0.330. The van der Waals surface area contributed by atoms with Crippen LogP contribution < -0.4 is 5.73 Å². The lowest BCUT2D eigenvalue weighted by molar-refractivity contribution is -0.158. The number of rotatable bonds is 11. The van der Waals surface area contributed by atoms with Gasteiger partial charge in [0.15, 0.2) is 0 Å². The maximum atomic E-state index is 14.2. The molecule has 0 aliphatic heterocycles. The van der Waals surface area contributed by atoms with Gasteiger partial charge in [0.1, 0.15) is 12.4 Å². The molecular weight excluding hydrogens is 453 g/mol. The number of carbonyl (C=O) groups is 1. The van der Waals surface area contributed by atoms with Crippen molar-refractivity contribution in [3.8, 4) is 11.1 Å². The molecule has 0 spiro atoms. The van der Waals surface area contributed by atoms with E-state index in [1.54, 1.807) is 13.2 Å². The summed E-state index contributed by atoms with van der Waals surface area (Å²) in [5, 5.41) is 0.483. The van der Waals surface area contributed by atoms with E-state index < -0.39 is 5.41 Å². The predicted molar refractivity (Wildman–Crippen MR) is 134 cm³/mol. The first kappa shape index (κ1) is 25.9.